The van der Waals surface area contributed by atoms with Crippen LogP contribution in [-0.2, 0) is 13.1 Å². The number of aliphatic imine (C=N–C) groups is 1. The molecule has 28 heavy (non-hydrogen) atoms. The second kappa shape index (κ2) is 11.1. The van der Waals surface area contributed by atoms with Crippen molar-refractivity contribution in [3.05, 3.63) is 51.2 Å². The van der Waals surface area contributed by atoms with Gasteiger partial charge in [-0.05, 0) is 44.4 Å². The molecule has 0 unspecified atom stereocenters. The summed E-state index contributed by atoms with van der Waals surface area (Å²) in [6, 6.07) is 7.22. The number of benzene rings is 1. The van der Waals surface area contributed by atoms with Gasteiger partial charge in [0.05, 0.1) is 12.2 Å². The standard InChI is InChI=1S/C20H28FN5S.HI/c1-14-15(2)27-19(24-14)12-23-20(22-3)25-18-8-10-26(11-9-18)13-16-4-6-17(21)7-5-16;/h4-7,18H,8-13H2,1-3H3,(H2,22,23,25);1H. The Morgan fingerprint density at radius 1 is 1.25 bits per heavy atom. The van der Waals surface area contributed by atoms with E-state index in [2.05, 4.69) is 32.4 Å². The Labute approximate surface area is 187 Å². The van der Waals surface area contributed by atoms with E-state index < -0.39 is 0 Å². The number of nitrogens with one attached hydrogen (secondary N) is 2. The number of piperidine rings is 1. The van der Waals surface area contributed by atoms with E-state index in [1.807, 2.05) is 19.1 Å². The molecule has 2 aromatic rings. The normalized spacial score (nSPS) is 15.9. The molecule has 0 atom stereocenters. The van der Waals surface area contributed by atoms with E-state index in [1.165, 1.54) is 17.0 Å². The molecule has 1 aromatic heterocycles. The smallest absolute Gasteiger partial charge is 0.191 e. The highest BCUT2D eigenvalue weighted by molar-refractivity contribution is 14.0. The number of nitrogens with zero attached hydrogens (tertiary/aromatic N) is 3. The first-order valence-corrected chi connectivity index (χ1v) is 10.2. The summed E-state index contributed by atoms with van der Waals surface area (Å²) in [5.41, 5.74) is 2.27. The van der Waals surface area contributed by atoms with Gasteiger partial charge >= 0.3 is 0 Å². The van der Waals surface area contributed by atoms with Crippen molar-refractivity contribution in [3.63, 3.8) is 0 Å². The molecule has 8 heteroatoms. The van der Waals surface area contributed by atoms with Gasteiger partial charge in [-0.15, -0.1) is 35.3 Å². The third-order valence-electron chi connectivity index (χ3n) is 4.95. The van der Waals surface area contributed by atoms with Crippen molar-refractivity contribution in [1.82, 2.24) is 20.5 Å². The molecule has 0 bridgehead atoms. The van der Waals surface area contributed by atoms with Gasteiger partial charge in [-0.1, -0.05) is 12.1 Å². The van der Waals surface area contributed by atoms with Crippen LogP contribution in [0.1, 0.15) is 34.0 Å². The molecule has 1 saturated heterocycles. The van der Waals surface area contributed by atoms with Crippen LogP contribution in [0.25, 0.3) is 0 Å². The number of halogens is 2. The highest BCUT2D eigenvalue weighted by Gasteiger charge is 2.20. The van der Waals surface area contributed by atoms with Crippen LogP contribution >= 0.6 is 35.3 Å². The molecule has 0 amide bonds. The molecule has 0 spiro atoms. The summed E-state index contributed by atoms with van der Waals surface area (Å²) < 4.78 is 13.0. The summed E-state index contributed by atoms with van der Waals surface area (Å²) in [6.07, 6.45) is 2.13. The molecule has 3 rings (SSSR count). The van der Waals surface area contributed by atoms with Gasteiger partial charge in [0.25, 0.3) is 0 Å². The number of hydrogen-bond donors (Lipinski definition) is 2. The van der Waals surface area contributed by atoms with E-state index >= 15 is 0 Å². The Kier molecular flexibility index (Phi) is 9.10. The van der Waals surface area contributed by atoms with Crippen LogP contribution in [0, 0.1) is 19.7 Å². The summed E-state index contributed by atoms with van der Waals surface area (Å²) >= 11 is 1.73. The van der Waals surface area contributed by atoms with Crippen LogP contribution in [0.4, 0.5) is 4.39 Å². The van der Waals surface area contributed by atoms with E-state index in [9.17, 15) is 4.39 Å². The molecule has 0 radical (unpaired) electrons. The van der Waals surface area contributed by atoms with E-state index in [0.717, 1.165) is 54.7 Å². The summed E-state index contributed by atoms with van der Waals surface area (Å²) in [7, 11) is 1.80. The average molecular weight is 517 g/mol. The Morgan fingerprint density at radius 2 is 1.93 bits per heavy atom. The van der Waals surface area contributed by atoms with Gasteiger partial charge in [0.15, 0.2) is 5.96 Å². The SMILES string of the molecule is CN=C(NCc1nc(C)c(C)s1)NC1CCN(Cc2ccc(F)cc2)CC1.I. The Morgan fingerprint density at radius 3 is 2.50 bits per heavy atom. The zero-order valence-electron chi connectivity index (χ0n) is 16.7. The fourth-order valence-corrected chi connectivity index (χ4v) is 4.12. The van der Waals surface area contributed by atoms with E-state index in [-0.39, 0.29) is 29.8 Å². The van der Waals surface area contributed by atoms with Crippen LogP contribution < -0.4 is 10.6 Å². The highest BCUT2D eigenvalue weighted by Crippen LogP contribution is 2.16. The maximum Gasteiger partial charge on any atom is 0.191 e. The first-order chi connectivity index (χ1) is 13.0. The van der Waals surface area contributed by atoms with Crippen LogP contribution in [0.3, 0.4) is 0 Å². The van der Waals surface area contributed by atoms with Crippen molar-refractivity contribution in [2.24, 2.45) is 4.99 Å². The van der Waals surface area contributed by atoms with Crippen molar-refractivity contribution in [1.29, 1.82) is 0 Å². The van der Waals surface area contributed by atoms with Crippen LogP contribution in [-0.4, -0.2) is 42.0 Å². The van der Waals surface area contributed by atoms with Crippen molar-refractivity contribution < 1.29 is 4.39 Å². The second-order valence-corrected chi connectivity index (χ2v) is 8.28. The lowest BCUT2D eigenvalue weighted by molar-refractivity contribution is 0.198. The third kappa shape index (κ3) is 6.66. The average Bonchev–Trinajstić information content (AvgIpc) is 2.99. The Balaban J connectivity index is 0.00000280. The Bertz CT molecular complexity index is 750. The monoisotopic (exact) mass is 517 g/mol. The van der Waals surface area contributed by atoms with Gasteiger partial charge in [-0.25, -0.2) is 9.37 Å². The van der Waals surface area contributed by atoms with Gasteiger partial charge in [-0.2, -0.15) is 0 Å². The van der Waals surface area contributed by atoms with Crippen molar-refractivity contribution in [3.8, 4) is 0 Å². The van der Waals surface area contributed by atoms with Crippen molar-refractivity contribution in [2.45, 2.75) is 45.8 Å². The molecule has 2 heterocycles. The van der Waals surface area contributed by atoms with Crippen LogP contribution in [0.5, 0.6) is 0 Å². The quantitative estimate of drug-likeness (QED) is 0.360. The zero-order valence-corrected chi connectivity index (χ0v) is 19.8. The van der Waals surface area contributed by atoms with Gasteiger partial charge in [-0.3, -0.25) is 9.89 Å². The predicted octanol–water partition coefficient (Wildman–Crippen LogP) is 3.85. The highest BCUT2D eigenvalue weighted by atomic mass is 127. The minimum absolute atomic E-state index is 0. The van der Waals surface area contributed by atoms with Crippen molar-refractivity contribution in [2.75, 3.05) is 20.1 Å². The molecule has 1 fully saturated rings. The summed E-state index contributed by atoms with van der Waals surface area (Å²) in [4.78, 5) is 12.6. The molecule has 0 saturated carbocycles. The second-order valence-electron chi connectivity index (χ2n) is 7.00. The van der Waals surface area contributed by atoms with E-state index in [1.54, 1.807) is 18.4 Å². The predicted molar refractivity (Wildman–Crippen MR) is 125 cm³/mol. The lowest BCUT2D eigenvalue weighted by Crippen LogP contribution is -2.48. The largest absolute Gasteiger partial charge is 0.354 e. The zero-order chi connectivity index (χ0) is 19.2. The minimum atomic E-state index is -0.177. The number of hydrogen-bond acceptors (Lipinski definition) is 4. The molecule has 1 aliphatic heterocycles. The number of aryl methyl sites for hydroxylation is 2. The number of guanidine groups is 1. The van der Waals surface area contributed by atoms with E-state index in [4.69, 9.17) is 0 Å². The molecule has 0 aliphatic carbocycles. The molecule has 5 nitrogen and oxygen atoms in total. The minimum Gasteiger partial charge on any atom is -0.354 e. The van der Waals surface area contributed by atoms with E-state index in [0.29, 0.717) is 12.6 Å². The van der Waals surface area contributed by atoms with Crippen LogP contribution in [0.2, 0.25) is 0 Å². The number of aromatic nitrogens is 1. The molecule has 2 N–H and O–H groups in total. The summed E-state index contributed by atoms with van der Waals surface area (Å²) in [6.45, 7) is 7.77. The van der Waals surface area contributed by atoms with Crippen molar-refractivity contribution >= 4 is 41.3 Å². The number of thiazole rings is 1. The van der Waals surface area contributed by atoms with Gasteiger partial charge in [0, 0.05) is 37.6 Å². The maximum atomic E-state index is 13.0. The van der Waals surface area contributed by atoms with Gasteiger partial charge in [0.1, 0.15) is 10.8 Å². The molecular weight excluding hydrogens is 488 g/mol. The van der Waals surface area contributed by atoms with Crippen LogP contribution in [0.15, 0.2) is 29.3 Å². The van der Waals surface area contributed by atoms with Gasteiger partial charge in [0.2, 0.25) is 0 Å². The fraction of sp³-hybridized carbons (Fsp3) is 0.500. The first-order valence-electron chi connectivity index (χ1n) is 9.40. The first kappa shape index (κ1) is 23.0. The molecular formula is C20H29FIN5S. The summed E-state index contributed by atoms with van der Waals surface area (Å²) in [5, 5.41) is 7.98. The molecule has 1 aromatic carbocycles. The third-order valence-corrected chi connectivity index (χ3v) is 6.02. The lowest BCUT2D eigenvalue weighted by atomic mass is 10.0. The topological polar surface area (TPSA) is 52.6 Å². The lowest BCUT2D eigenvalue weighted by Gasteiger charge is -2.33. The number of rotatable bonds is 5. The maximum absolute atomic E-state index is 13.0. The number of likely N-dealkylation sites (tertiary alicyclic amines) is 1. The fourth-order valence-electron chi connectivity index (χ4n) is 3.25. The Hall–Kier alpha value is -1.26. The summed E-state index contributed by atoms with van der Waals surface area (Å²) in [5.74, 6) is 0.654. The van der Waals surface area contributed by atoms with Gasteiger partial charge < -0.3 is 10.6 Å². The molecule has 154 valence electrons. The molecule has 1 aliphatic rings.